The number of nitrogen functional groups attached to an aromatic ring is 1. The Morgan fingerprint density at radius 3 is 2.71 bits per heavy atom. The number of anilines is 1. The van der Waals surface area contributed by atoms with Crippen molar-refractivity contribution in [3.8, 4) is 22.9 Å². The van der Waals surface area contributed by atoms with E-state index in [-0.39, 0.29) is 6.01 Å². The summed E-state index contributed by atoms with van der Waals surface area (Å²) in [5.74, 6) is 1.13. The molecule has 2 heterocycles. The lowest BCUT2D eigenvalue weighted by Gasteiger charge is -2.08. The Kier molecular flexibility index (Phi) is 3.23. The molecule has 0 aliphatic heterocycles. The summed E-state index contributed by atoms with van der Waals surface area (Å²) in [7, 11) is 1.68. The molecule has 1 aromatic carbocycles. The maximum absolute atomic E-state index is 5.62. The van der Waals surface area contributed by atoms with Gasteiger partial charge in [-0.05, 0) is 47.5 Å². The Labute approximate surface area is 121 Å². The summed E-state index contributed by atoms with van der Waals surface area (Å²) in [6, 6.07) is 9.65. The third-order valence-electron chi connectivity index (χ3n) is 3.01. The van der Waals surface area contributed by atoms with Crippen molar-refractivity contribution in [2.75, 3.05) is 5.73 Å². The molecule has 0 atom stereocenters. The van der Waals surface area contributed by atoms with Crippen molar-refractivity contribution < 1.29 is 4.74 Å². The lowest BCUT2D eigenvalue weighted by Crippen LogP contribution is -1.93. The zero-order valence-electron chi connectivity index (χ0n) is 11.7. The van der Waals surface area contributed by atoms with E-state index < -0.39 is 0 Å². The Balaban J connectivity index is 1.94. The quantitative estimate of drug-likeness (QED) is 0.789. The smallest absolute Gasteiger partial charge is 0.361 e. The molecule has 0 bridgehead atoms. The molecular formula is C14H14N6O. The van der Waals surface area contributed by atoms with E-state index in [0.717, 1.165) is 16.7 Å². The molecule has 0 saturated carbocycles. The minimum atomic E-state index is 0.211. The first kappa shape index (κ1) is 13.0. The van der Waals surface area contributed by atoms with E-state index >= 15 is 0 Å². The standard InChI is InChI=1S/C14H14N6O/c1-9-3-5-11(21-14-17-19-20(2)18-14)7-12(9)10-4-6-13(15)16-8-10/h3-8H,1-2H3,(H2,15,16). The van der Waals surface area contributed by atoms with E-state index in [2.05, 4.69) is 20.4 Å². The number of rotatable bonds is 3. The van der Waals surface area contributed by atoms with Gasteiger partial charge in [-0.2, -0.15) is 4.80 Å². The SMILES string of the molecule is Cc1ccc(Oc2nnn(C)n2)cc1-c1ccc(N)nc1. The largest absolute Gasteiger partial charge is 0.422 e. The molecule has 2 N–H and O–H groups in total. The monoisotopic (exact) mass is 282 g/mol. The first-order valence-corrected chi connectivity index (χ1v) is 6.36. The average Bonchev–Trinajstić information content (AvgIpc) is 2.87. The first-order valence-electron chi connectivity index (χ1n) is 6.36. The molecule has 0 saturated heterocycles. The molecule has 0 unspecified atom stereocenters. The molecule has 3 aromatic rings. The van der Waals surface area contributed by atoms with Crippen LogP contribution >= 0.6 is 0 Å². The fourth-order valence-corrected chi connectivity index (χ4v) is 1.95. The van der Waals surface area contributed by atoms with E-state index in [4.69, 9.17) is 10.5 Å². The maximum Gasteiger partial charge on any atom is 0.361 e. The molecule has 7 heteroatoms. The minimum Gasteiger partial charge on any atom is -0.422 e. The van der Waals surface area contributed by atoms with Gasteiger partial charge >= 0.3 is 6.01 Å². The van der Waals surface area contributed by atoms with Crippen LogP contribution in [0.3, 0.4) is 0 Å². The van der Waals surface area contributed by atoms with Gasteiger partial charge in [0.1, 0.15) is 11.6 Å². The molecule has 0 aliphatic rings. The van der Waals surface area contributed by atoms with Crippen LogP contribution in [0.5, 0.6) is 11.8 Å². The summed E-state index contributed by atoms with van der Waals surface area (Å²) in [6.45, 7) is 2.02. The van der Waals surface area contributed by atoms with Crippen molar-refractivity contribution in [2.24, 2.45) is 7.05 Å². The molecule has 21 heavy (non-hydrogen) atoms. The summed E-state index contributed by atoms with van der Waals surface area (Å²) in [4.78, 5) is 5.45. The zero-order valence-corrected chi connectivity index (χ0v) is 11.7. The normalized spacial score (nSPS) is 10.6. The molecule has 106 valence electrons. The van der Waals surface area contributed by atoms with Crippen LogP contribution in [0, 0.1) is 6.92 Å². The third-order valence-corrected chi connectivity index (χ3v) is 3.01. The van der Waals surface area contributed by atoms with Gasteiger partial charge in [0.25, 0.3) is 0 Å². The summed E-state index contributed by atoms with van der Waals surface area (Å²) in [5.41, 5.74) is 8.72. The van der Waals surface area contributed by atoms with Gasteiger partial charge in [-0.3, -0.25) is 0 Å². The highest BCUT2D eigenvalue weighted by molar-refractivity contribution is 5.68. The Morgan fingerprint density at radius 2 is 2.05 bits per heavy atom. The summed E-state index contributed by atoms with van der Waals surface area (Å²) in [5, 5.41) is 11.5. The lowest BCUT2D eigenvalue weighted by molar-refractivity contribution is 0.439. The minimum absolute atomic E-state index is 0.211. The number of benzene rings is 1. The second-order valence-electron chi connectivity index (χ2n) is 4.61. The predicted octanol–water partition coefficient (Wildman–Crippen LogP) is 1.96. The maximum atomic E-state index is 5.62. The van der Waals surface area contributed by atoms with E-state index in [1.165, 1.54) is 4.80 Å². The Bertz CT molecular complexity index is 765. The molecule has 3 rings (SSSR count). The topological polar surface area (TPSA) is 91.7 Å². The molecular weight excluding hydrogens is 268 g/mol. The second-order valence-corrected chi connectivity index (χ2v) is 4.61. The molecule has 0 aliphatic carbocycles. The average molecular weight is 282 g/mol. The van der Waals surface area contributed by atoms with Crippen LogP contribution in [0.1, 0.15) is 5.56 Å². The summed E-state index contributed by atoms with van der Waals surface area (Å²) >= 11 is 0. The number of aryl methyl sites for hydroxylation is 2. The highest BCUT2D eigenvalue weighted by Gasteiger charge is 2.08. The van der Waals surface area contributed by atoms with Gasteiger partial charge in [-0.1, -0.05) is 16.3 Å². The number of hydrogen-bond donors (Lipinski definition) is 1. The first-order chi connectivity index (χ1) is 10.1. The number of ether oxygens (including phenoxy) is 1. The fraction of sp³-hybridized carbons (Fsp3) is 0.143. The molecule has 0 spiro atoms. The number of nitrogens with zero attached hydrogens (tertiary/aromatic N) is 5. The molecule has 0 radical (unpaired) electrons. The number of hydrogen-bond acceptors (Lipinski definition) is 6. The van der Waals surface area contributed by atoms with Crippen LogP contribution in [0.15, 0.2) is 36.5 Å². The van der Waals surface area contributed by atoms with Gasteiger partial charge in [0, 0.05) is 11.8 Å². The molecule has 0 amide bonds. The van der Waals surface area contributed by atoms with Crippen LogP contribution in [-0.2, 0) is 7.05 Å². The van der Waals surface area contributed by atoms with Crippen molar-refractivity contribution in [3.63, 3.8) is 0 Å². The van der Waals surface area contributed by atoms with E-state index in [1.807, 2.05) is 31.2 Å². The van der Waals surface area contributed by atoms with Crippen LogP contribution in [0.2, 0.25) is 0 Å². The highest BCUT2D eigenvalue weighted by Crippen LogP contribution is 2.29. The summed E-state index contributed by atoms with van der Waals surface area (Å²) in [6.07, 6.45) is 1.74. The number of tetrazole rings is 1. The van der Waals surface area contributed by atoms with Gasteiger partial charge in [0.05, 0.1) is 7.05 Å². The summed E-state index contributed by atoms with van der Waals surface area (Å²) < 4.78 is 5.59. The molecule has 2 aromatic heterocycles. The molecule has 0 fully saturated rings. The van der Waals surface area contributed by atoms with Crippen molar-refractivity contribution in [2.45, 2.75) is 6.92 Å². The Hall–Kier alpha value is -2.96. The van der Waals surface area contributed by atoms with Crippen LogP contribution in [0.25, 0.3) is 11.1 Å². The van der Waals surface area contributed by atoms with Crippen LogP contribution in [0.4, 0.5) is 5.82 Å². The van der Waals surface area contributed by atoms with Crippen molar-refractivity contribution in [3.05, 3.63) is 42.1 Å². The van der Waals surface area contributed by atoms with Crippen LogP contribution < -0.4 is 10.5 Å². The number of nitrogens with two attached hydrogens (primary N) is 1. The number of aromatic nitrogens is 5. The Morgan fingerprint density at radius 1 is 1.19 bits per heavy atom. The van der Waals surface area contributed by atoms with Gasteiger partial charge in [0.2, 0.25) is 0 Å². The zero-order chi connectivity index (χ0) is 14.8. The van der Waals surface area contributed by atoms with Gasteiger partial charge in [-0.25, -0.2) is 4.98 Å². The second kappa shape index (κ2) is 5.20. The van der Waals surface area contributed by atoms with Crippen LogP contribution in [-0.4, -0.2) is 25.2 Å². The third kappa shape index (κ3) is 2.81. The van der Waals surface area contributed by atoms with Gasteiger partial charge in [-0.15, -0.1) is 0 Å². The van der Waals surface area contributed by atoms with Gasteiger partial charge < -0.3 is 10.5 Å². The predicted molar refractivity (Wildman–Crippen MR) is 77.7 cm³/mol. The van der Waals surface area contributed by atoms with Crippen molar-refractivity contribution in [1.29, 1.82) is 0 Å². The van der Waals surface area contributed by atoms with Crippen molar-refractivity contribution in [1.82, 2.24) is 25.2 Å². The molecule has 7 nitrogen and oxygen atoms in total. The highest BCUT2D eigenvalue weighted by atomic mass is 16.5. The number of pyridine rings is 1. The van der Waals surface area contributed by atoms with Gasteiger partial charge in [0.15, 0.2) is 0 Å². The lowest BCUT2D eigenvalue weighted by atomic mass is 10.0. The van der Waals surface area contributed by atoms with Crippen molar-refractivity contribution >= 4 is 5.82 Å². The fourth-order valence-electron chi connectivity index (χ4n) is 1.95. The van der Waals surface area contributed by atoms with E-state index in [9.17, 15) is 0 Å². The van der Waals surface area contributed by atoms with E-state index in [0.29, 0.717) is 11.6 Å². The van der Waals surface area contributed by atoms with E-state index in [1.54, 1.807) is 19.3 Å².